The lowest BCUT2D eigenvalue weighted by Crippen LogP contribution is -2.54. The van der Waals surface area contributed by atoms with Crippen LogP contribution in [0, 0.1) is 0 Å². The molecule has 2 atom stereocenters. The van der Waals surface area contributed by atoms with Crippen LogP contribution in [-0.4, -0.2) is 55.0 Å². The molecule has 7 nitrogen and oxygen atoms in total. The molecule has 0 bridgehead atoms. The van der Waals surface area contributed by atoms with Gasteiger partial charge in [-0.1, -0.05) is 18.2 Å². The number of methoxy groups -OCH3 is 2. The number of amides is 1. The minimum Gasteiger partial charge on any atom is -0.497 e. The highest BCUT2D eigenvalue weighted by atomic mass is 16.6. The highest BCUT2D eigenvalue weighted by Crippen LogP contribution is 2.37. The second kappa shape index (κ2) is 9.31. The summed E-state index contributed by atoms with van der Waals surface area (Å²) < 4.78 is 21.8. The highest BCUT2D eigenvalue weighted by molar-refractivity contribution is 5.87. The van der Waals surface area contributed by atoms with Crippen LogP contribution in [0.5, 0.6) is 5.75 Å². The Balaban J connectivity index is 2.19. The molecule has 1 aromatic carbocycles. The van der Waals surface area contributed by atoms with Gasteiger partial charge in [0.05, 0.1) is 33.5 Å². The second-order valence-electron chi connectivity index (χ2n) is 8.09. The van der Waals surface area contributed by atoms with Crippen molar-refractivity contribution < 1.29 is 28.5 Å². The van der Waals surface area contributed by atoms with Crippen LogP contribution in [0.15, 0.2) is 36.9 Å². The van der Waals surface area contributed by atoms with E-state index in [4.69, 9.17) is 18.9 Å². The van der Waals surface area contributed by atoms with Gasteiger partial charge in [-0.15, -0.1) is 6.58 Å². The van der Waals surface area contributed by atoms with Crippen LogP contribution in [0.3, 0.4) is 0 Å². The molecule has 0 unspecified atom stereocenters. The molecule has 0 spiro atoms. The number of esters is 1. The summed E-state index contributed by atoms with van der Waals surface area (Å²) in [7, 11) is 2.92. The molecular weight excluding hydrogens is 374 g/mol. The van der Waals surface area contributed by atoms with Crippen LogP contribution >= 0.6 is 0 Å². The summed E-state index contributed by atoms with van der Waals surface area (Å²) in [5.41, 5.74) is -0.910. The van der Waals surface area contributed by atoms with Crippen LogP contribution in [-0.2, 0) is 25.6 Å². The fourth-order valence-corrected chi connectivity index (χ4v) is 3.44. The minimum absolute atomic E-state index is 0.230. The molecule has 1 aromatic rings. The van der Waals surface area contributed by atoms with Gasteiger partial charge in [0.2, 0.25) is 0 Å². The van der Waals surface area contributed by atoms with Gasteiger partial charge in [0.25, 0.3) is 0 Å². The number of benzene rings is 1. The molecule has 0 saturated carbocycles. The van der Waals surface area contributed by atoms with E-state index in [1.54, 1.807) is 34.0 Å². The molecule has 0 aliphatic carbocycles. The Kier molecular flexibility index (Phi) is 7.30. The van der Waals surface area contributed by atoms with Gasteiger partial charge in [-0.2, -0.15) is 0 Å². The Labute approximate surface area is 172 Å². The van der Waals surface area contributed by atoms with E-state index in [1.165, 1.54) is 12.0 Å². The number of likely N-dealkylation sites (tertiary alicyclic amines) is 1. The van der Waals surface area contributed by atoms with E-state index >= 15 is 0 Å². The molecule has 1 aliphatic heterocycles. The molecule has 1 aliphatic rings. The van der Waals surface area contributed by atoms with Crippen molar-refractivity contribution in [2.24, 2.45) is 0 Å². The topological polar surface area (TPSA) is 74.3 Å². The van der Waals surface area contributed by atoms with Crippen LogP contribution in [0.4, 0.5) is 4.79 Å². The number of rotatable bonds is 7. The molecule has 0 aromatic heterocycles. The Hall–Kier alpha value is -2.54. The molecule has 7 heteroatoms. The summed E-state index contributed by atoms with van der Waals surface area (Å²) in [6.07, 6.45) is 1.26. The van der Waals surface area contributed by atoms with Gasteiger partial charge in [-0.05, 0) is 44.9 Å². The van der Waals surface area contributed by atoms with Gasteiger partial charge in [-0.25, -0.2) is 9.59 Å². The maximum absolute atomic E-state index is 12.9. The summed E-state index contributed by atoms with van der Waals surface area (Å²) in [5, 5.41) is 0. The third-order valence-corrected chi connectivity index (χ3v) is 4.77. The van der Waals surface area contributed by atoms with Crippen molar-refractivity contribution >= 4 is 12.1 Å². The van der Waals surface area contributed by atoms with Crippen molar-refractivity contribution in [3.05, 3.63) is 42.5 Å². The second-order valence-corrected chi connectivity index (χ2v) is 8.09. The summed E-state index contributed by atoms with van der Waals surface area (Å²) in [4.78, 5) is 27.0. The van der Waals surface area contributed by atoms with Crippen LogP contribution < -0.4 is 4.74 Å². The Morgan fingerprint density at radius 2 is 1.90 bits per heavy atom. The lowest BCUT2D eigenvalue weighted by molar-refractivity contribution is -0.153. The van der Waals surface area contributed by atoms with Gasteiger partial charge in [-0.3, -0.25) is 4.90 Å². The van der Waals surface area contributed by atoms with Crippen molar-refractivity contribution in [2.75, 3.05) is 20.8 Å². The van der Waals surface area contributed by atoms with E-state index in [2.05, 4.69) is 6.58 Å². The SMILES string of the molecule is C=CC[C@@]1(C(=O)OC)C[C@@H](OCc2ccc(OC)cc2)CN1C(=O)OC(C)(C)C. The van der Waals surface area contributed by atoms with Gasteiger partial charge in [0.1, 0.15) is 16.9 Å². The van der Waals surface area contributed by atoms with Gasteiger partial charge >= 0.3 is 12.1 Å². The van der Waals surface area contributed by atoms with Gasteiger partial charge < -0.3 is 18.9 Å². The molecule has 1 fully saturated rings. The predicted molar refractivity (Wildman–Crippen MR) is 109 cm³/mol. The summed E-state index contributed by atoms with van der Waals surface area (Å²) in [5.74, 6) is 0.264. The number of nitrogens with zero attached hydrogens (tertiary/aromatic N) is 1. The first-order chi connectivity index (χ1) is 13.6. The van der Waals surface area contributed by atoms with Crippen molar-refractivity contribution in [3.63, 3.8) is 0 Å². The number of hydrogen-bond acceptors (Lipinski definition) is 6. The number of carbonyl (C=O) groups is 2. The van der Waals surface area contributed by atoms with E-state index in [1.807, 2.05) is 24.3 Å². The fourth-order valence-electron chi connectivity index (χ4n) is 3.44. The Morgan fingerprint density at radius 1 is 1.24 bits per heavy atom. The van der Waals surface area contributed by atoms with E-state index in [-0.39, 0.29) is 19.1 Å². The van der Waals surface area contributed by atoms with Crippen molar-refractivity contribution in [1.29, 1.82) is 0 Å². The standard InChI is InChI=1S/C22H31NO6/c1-7-12-22(19(24)27-6)13-18(14-23(22)20(25)29-21(2,3)4)28-15-16-8-10-17(26-5)11-9-16/h7-11,18H,1,12-15H2,2-6H3/t18-,22+/m1/s1. The first-order valence-electron chi connectivity index (χ1n) is 9.59. The minimum atomic E-state index is -1.19. The molecule has 1 amide bonds. The number of hydrogen-bond donors (Lipinski definition) is 0. The van der Waals surface area contributed by atoms with Crippen molar-refractivity contribution in [1.82, 2.24) is 4.90 Å². The maximum Gasteiger partial charge on any atom is 0.411 e. The zero-order valence-electron chi connectivity index (χ0n) is 17.9. The number of ether oxygens (including phenoxy) is 4. The third-order valence-electron chi connectivity index (χ3n) is 4.77. The summed E-state index contributed by atoms with van der Waals surface area (Å²) in [6, 6.07) is 7.54. The lowest BCUT2D eigenvalue weighted by atomic mass is 9.91. The lowest BCUT2D eigenvalue weighted by Gasteiger charge is -2.35. The third kappa shape index (κ3) is 5.50. The largest absolute Gasteiger partial charge is 0.497 e. The normalized spacial score (nSPS) is 21.6. The first-order valence-corrected chi connectivity index (χ1v) is 9.59. The highest BCUT2D eigenvalue weighted by Gasteiger charge is 2.55. The smallest absolute Gasteiger partial charge is 0.411 e. The van der Waals surface area contributed by atoms with Crippen LogP contribution in [0.2, 0.25) is 0 Å². The predicted octanol–water partition coefficient (Wildman–Crippen LogP) is 3.71. The zero-order valence-corrected chi connectivity index (χ0v) is 17.9. The van der Waals surface area contributed by atoms with Crippen LogP contribution in [0.1, 0.15) is 39.2 Å². The average Bonchev–Trinajstić information content (AvgIpc) is 3.05. The zero-order chi connectivity index (χ0) is 21.7. The molecular formula is C22H31NO6. The van der Waals surface area contributed by atoms with Crippen molar-refractivity contribution in [2.45, 2.75) is 57.5 Å². The quantitative estimate of drug-likeness (QED) is 0.509. The van der Waals surface area contributed by atoms with E-state index in [9.17, 15) is 9.59 Å². The molecule has 160 valence electrons. The average molecular weight is 405 g/mol. The van der Waals surface area contributed by atoms with Crippen LogP contribution in [0.25, 0.3) is 0 Å². The molecule has 2 rings (SSSR count). The van der Waals surface area contributed by atoms with Gasteiger partial charge in [0.15, 0.2) is 0 Å². The van der Waals surface area contributed by atoms with E-state index in [0.717, 1.165) is 11.3 Å². The molecule has 0 radical (unpaired) electrons. The van der Waals surface area contributed by atoms with E-state index in [0.29, 0.717) is 13.0 Å². The van der Waals surface area contributed by atoms with E-state index < -0.39 is 23.2 Å². The molecule has 1 saturated heterocycles. The molecule has 29 heavy (non-hydrogen) atoms. The number of carbonyl (C=O) groups excluding carboxylic acids is 2. The van der Waals surface area contributed by atoms with Crippen molar-refractivity contribution in [3.8, 4) is 5.75 Å². The maximum atomic E-state index is 12.9. The Bertz CT molecular complexity index is 724. The van der Waals surface area contributed by atoms with Gasteiger partial charge in [0, 0.05) is 6.42 Å². The fraction of sp³-hybridized carbons (Fsp3) is 0.545. The Morgan fingerprint density at radius 3 is 2.41 bits per heavy atom. The summed E-state index contributed by atoms with van der Waals surface area (Å²) >= 11 is 0. The molecule has 0 N–H and O–H groups in total. The summed E-state index contributed by atoms with van der Waals surface area (Å²) in [6.45, 7) is 9.68. The first kappa shape index (κ1) is 22.7. The molecule has 1 heterocycles. The monoisotopic (exact) mass is 405 g/mol.